The summed E-state index contributed by atoms with van der Waals surface area (Å²) in [7, 11) is 0. The third-order valence-electron chi connectivity index (χ3n) is 6.51. The Kier molecular flexibility index (Phi) is 5.44. The van der Waals surface area contributed by atoms with Crippen LogP contribution >= 0.6 is 0 Å². The summed E-state index contributed by atoms with van der Waals surface area (Å²) < 4.78 is 13.1. The van der Waals surface area contributed by atoms with Crippen LogP contribution in [0.3, 0.4) is 0 Å². The number of nitro groups is 1. The summed E-state index contributed by atoms with van der Waals surface area (Å²) in [5.41, 5.74) is 8.87. The first-order valence-corrected chi connectivity index (χ1v) is 11.7. The van der Waals surface area contributed by atoms with Gasteiger partial charge in [0.25, 0.3) is 17.8 Å². The van der Waals surface area contributed by atoms with Gasteiger partial charge in [-0.25, -0.2) is 10.1 Å². The second-order valence-corrected chi connectivity index (χ2v) is 8.74. The van der Waals surface area contributed by atoms with E-state index < -0.39 is 16.8 Å². The molecule has 6 rings (SSSR count). The molecule has 0 atom stereocenters. The van der Waals surface area contributed by atoms with Gasteiger partial charge in [0.15, 0.2) is 16.5 Å². The number of aromatic amines is 1. The third kappa shape index (κ3) is 3.86. The van der Waals surface area contributed by atoms with Gasteiger partial charge in [-0.15, -0.1) is 0 Å². The maximum atomic E-state index is 13.2. The number of rotatable bonds is 7. The van der Waals surface area contributed by atoms with Crippen molar-refractivity contribution >= 4 is 50.7 Å². The van der Waals surface area contributed by atoms with Crippen LogP contribution in [0.15, 0.2) is 53.9 Å². The van der Waals surface area contributed by atoms with Crippen molar-refractivity contribution in [3.63, 3.8) is 0 Å². The minimum absolute atomic E-state index is 0.0819. The van der Waals surface area contributed by atoms with Gasteiger partial charge in [-0.3, -0.25) is 14.9 Å². The molecule has 2 aliphatic rings. The second-order valence-electron chi connectivity index (χ2n) is 8.74. The number of imide groups is 1. The van der Waals surface area contributed by atoms with Crippen molar-refractivity contribution < 1.29 is 24.1 Å². The highest BCUT2D eigenvalue weighted by atomic mass is 16.7. The molecule has 4 aromatic rings. The van der Waals surface area contributed by atoms with Crippen LogP contribution in [0.4, 0.5) is 0 Å². The van der Waals surface area contributed by atoms with Gasteiger partial charge in [-0.1, -0.05) is 18.2 Å². The van der Waals surface area contributed by atoms with E-state index in [1.165, 1.54) is 0 Å². The van der Waals surface area contributed by atoms with E-state index in [9.17, 15) is 19.7 Å². The van der Waals surface area contributed by atoms with Crippen molar-refractivity contribution in [2.45, 2.75) is 13.0 Å². The number of fused-ring (bicyclic) bond motifs is 3. The predicted octanol–water partition coefficient (Wildman–Crippen LogP) is 1.90. The van der Waals surface area contributed by atoms with Crippen molar-refractivity contribution in [3.8, 4) is 11.5 Å². The Morgan fingerprint density at radius 3 is 2.63 bits per heavy atom. The molecule has 13 heteroatoms. The predicted molar refractivity (Wildman–Crippen MR) is 138 cm³/mol. The van der Waals surface area contributed by atoms with E-state index in [4.69, 9.17) is 15.2 Å². The average molecular weight is 515 g/mol. The number of hydrazone groups is 1. The van der Waals surface area contributed by atoms with Gasteiger partial charge in [0.1, 0.15) is 5.10 Å². The molecule has 0 bridgehead atoms. The number of ether oxygens (including phenoxy) is 2. The van der Waals surface area contributed by atoms with Gasteiger partial charge in [0.2, 0.25) is 6.79 Å². The molecule has 0 fully saturated rings. The second kappa shape index (κ2) is 8.96. The Balaban J connectivity index is 1.45. The number of hydrogen-bond acceptors (Lipinski definition) is 6. The van der Waals surface area contributed by atoms with Gasteiger partial charge in [-0.05, 0) is 18.6 Å². The highest BCUT2D eigenvalue weighted by Gasteiger charge is 2.35. The monoisotopic (exact) mass is 515 g/mol. The average Bonchev–Trinajstić information content (AvgIpc) is 3.64. The molecule has 2 aromatic heterocycles. The van der Waals surface area contributed by atoms with E-state index in [1.54, 1.807) is 12.3 Å². The molecular formula is C25H21N7O6. The van der Waals surface area contributed by atoms with E-state index in [0.29, 0.717) is 47.5 Å². The largest absolute Gasteiger partial charge is 0.454 e. The number of nitrogens with one attached hydrogen (secondary N) is 3. The number of aromatic nitrogens is 2. The molecule has 0 saturated heterocycles. The van der Waals surface area contributed by atoms with Crippen molar-refractivity contribution in [3.05, 3.63) is 70.0 Å². The SMILES string of the molecule is NC(=N[N+](=O)[O-])NCCCn1cc(C2=C(c3c[nH]c4ccccc34)C(=O)NC2=O)c2cc3c(cc21)OCO3. The molecule has 4 heterocycles. The number of carbonyl (C=O) groups excluding carboxylic acids is 2. The maximum Gasteiger partial charge on any atom is 0.266 e. The van der Waals surface area contributed by atoms with Crippen molar-refractivity contribution in [2.24, 2.45) is 10.8 Å². The number of aryl methyl sites for hydroxylation is 1. The van der Waals surface area contributed by atoms with Crippen LogP contribution < -0.4 is 25.8 Å². The van der Waals surface area contributed by atoms with Gasteiger partial charge in [0, 0.05) is 59.0 Å². The minimum atomic E-state index is -0.871. The maximum absolute atomic E-state index is 13.2. The highest BCUT2D eigenvalue weighted by Crippen LogP contribution is 2.42. The van der Waals surface area contributed by atoms with Gasteiger partial charge >= 0.3 is 0 Å². The fourth-order valence-electron chi connectivity index (χ4n) is 4.90. The molecular weight excluding hydrogens is 494 g/mol. The number of H-pyrrole nitrogens is 1. The summed E-state index contributed by atoms with van der Waals surface area (Å²) in [6.07, 6.45) is 4.08. The Morgan fingerprint density at radius 1 is 1.11 bits per heavy atom. The van der Waals surface area contributed by atoms with Crippen LogP contribution in [-0.2, 0) is 16.1 Å². The lowest BCUT2D eigenvalue weighted by atomic mass is 9.95. The van der Waals surface area contributed by atoms with E-state index in [0.717, 1.165) is 16.4 Å². The summed E-state index contributed by atoms with van der Waals surface area (Å²) in [6.45, 7) is 0.879. The zero-order valence-electron chi connectivity index (χ0n) is 19.8. The van der Waals surface area contributed by atoms with Crippen LogP contribution in [0.1, 0.15) is 17.5 Å². The Morgan fingerprint density at radius 2 is 1.84 bits per heavy atom. The summed E-state index contributed by atoms with van der Waals surface area (Å²) in [5.74, 6) is -0.132. The topological polar surface area (TPSA) is 179 Å². The minimum Gasteiger partial charge on any atom is -0.454 e. The zero-order chi connectivity index (χ0) is 26.4. The number of nitrogens with zero attached hydrogens (tertiary/aromatic N) is 3. The Labute approximate surface area is 214 Å². The fraction of sp³-hybridized carbons (Fsp3) is 0.160. The molecule has 5 N–H and O–H groups in total. The molecule has 0 aliphatic carbocycles. The molecule has 2 aromatic carbocycles. The smallest absolute Gasteiger partial charge is 0.266 e. The van der Waals surface area contributed by atoms with E-state index in [2.05, 4.69) is 20.7 Å². The van der Waals surface area contributed by atoms with Gasteiger partial charge in [-0.2, -0.15) is 0 Å². The molecule has 2 amide bonds. The summed E-state index contributed by atoms with van der Waals surface area (Å²) >= 11 is 0. The lowest BCUT2D eigenvalue weighted by molar-refractivity contribution is -0.485. The van der Waals surface area contributed by atoms with Crippen LogP contribution in [0.2, 0.25) is 0 Å². The zero-order valence-corrected chi connectivity index (χ0v) is 19.8. The van der Waals surface area contributed by atoms with Crippen molar-refractivity contribution in [1.82, 2.24) is 20.2 Å². The normalized spacial score (nSPS) is 15.1. The van der Waals surface area contributed by atoms with E-state index >= 15 is 0 Å². The van der Waals surface area contributed by atoms with E-state index in [1.807, 2.05) is 41.1 Å². The van der Waals surface area contributed by atoms with Crippen LogP contribution in [0, 0.1) is 10.1 Å². The van der Waals surface area contributed by atoms with Crippen LogP contribution in [0.5, 0.6) is 11.5 Å². The Hall–Kier alpha value is -5.33. The number of benzene rings is 2. The first-order valence-electron chi connectivity index (χ1n) is 11.7. The highest BCUT2D eigenvalue weighted by molar-refractivity contribution is 6.50. The molecule has 0 saturated carbocycles. The summed E-state index contributed by atoms with van der Waals surface area (Å²) in [5, 5.41) is 19.3. The van der Waals surface area contributed by atoms with Crippen molar-refractivity contribution in [2.75, 3.05) is 13.3 Å². The van der Waals surface area contributed by atoms with Gasteiger partial charge < -0.3 is 30.1 Å². The molecule has 0 unspecified atom stereocenters. The third-order valence-corrected chi connectivity index (χ3v) is 6.51. The van der Waals surface area contributed by atoms with Crippen LogP contribution in [0.25, 0.3) is 33.0 Å². The standard InChI is InChI=1S/C25H21N7O6/c26-25(30-32(35)36)27-6-3-7-31-11-16(14-8-19-20(9-18(14)31)38-12-37-19)22-21(23(33)29-24(22)34)15-10-28-17-5-2-1-4-13(15)17/h1-2,4-5,8-11,28H,3,6-7,12H2,(H3,26,27,30)(H,29,33,34). The molecule has 38 heavy (non-hydrogen) atoms. The molecule has 0 spiro atoms. The summed E-state index contributed by atoms with van der Waals surface area (Å²) in [4.78, 5) is 39.9. The fourth-order valence-corrected chi connectivity index (χ4v) is 4.90. The lowest BCUT2D eigenvalue weighted by Gasteiger charge is -2.07. The number of nitrogens with two attached hydrogens (primary N) is 1. The number of guanidine groups is 1. The lowest BCUT2D eigenvalue weighted by Crippen LogP contribution is -2.33. The van der Waals surface area contributed by atoms with Crippen molar-refractivity contribution in [1.29, 1.82) is 0 Å². The molecule has 192 valence electrons. The number of carbonyl (C=O) groups is 2. The van der Waals surface area contributed by atoms with E-state index in [-0.39, 0.29) is 23.9 Å². The van der Waals surface area contributed by atoms with Gasteiger partial charge in [0.05, 0.1) is 16.7 Å². The Bertz CT molecular complexity index is 1710. The first-order chi connectivity index (χ1) is 18.4. The molecule has 0 radical (unpaired) electrons. The number of amides is 2. The first kappa shape index (κ1) is 23.1. The number of para-hydroxylation sites is 1. The molecule has 13 nitrogen and oxygen atoms in total. The molecule has 2 aliphatic heterocycles. The summed E-state index contributed by atoms with van der Waals surface area (Å²) in [6, 6.07) is 11.2. The number of hydrogen-bond donors (Lipinski definition) is 4. The van der Waals surface area contributed by atoms with Crippen LogP contribution in [-0.4, -0.2) is 45.7 Å². The quantitative estimate of drug-likeness (QED) is 0.0719.